The van der Waals surface area contributed by atoms with E-state index in [4.69, 9.17) is 0 Å². The van der Waals surface area contributed by atoms with Crippen molar-refractivity contribution in [3.8, 4) is 0 Å². The molecule has 1 aliphatic rings. The highest BCUT2D eigenvalue weighted by atomic mass is 16.2. The van der Waals surface area contributed by atoms with Crippen molar-refractivity contribution in [3.63, 3.8) is 0 Å². The molecule has 3 aromatic rings. The van der Waals surface area contributed by atoms with E-state index in [9.17, 15) is 14.4 Å². The molecule has 0 radical (unpaired) electrons. The van der Waals surface area contributed by atoms with Crippen LogP contribution in [-0.4, -0.2) is 42.6 Å². The van der Waals surface area contributed by atoms with Gasteiger partial charge in [0.25, 0.3) is 5.56 Å². The molecule has 1 saturated carbocycles. The van der Waals surface area contributed by atoms with Crippen molar-refractivity contribution in [2.24, 2.45) is 14.1 Å². The number of nitrogens with one attached hydrogen (secondary N) is 1. The molecule has 9 heteroatoms. The number of carbonyl (C=O) groups is 1. The Balaban J connectivity index is 1.54. The number of aryl methyl sites for hydroxylation is 2. The van der Waals surface area contributed by atoms with Crippen molar-refractivity contribution < 1.29 is 4.79 Å². The van der Waals surface area contributed by atoms with Crippen LogP contribution in [0, 0.1) is 0 Å². The predicted molar refractivity (Wildman–Crippen MR) is 124 cm³/mol. The molecule has 1 aromatic carbocycles. The van der Waals surface area contributed by atoms with Gasteiger partial charge in [-0.1, -0.05) is 37.5 Å². The van der Waals surface area contributed by atoms with Gasteiger partial charge in [0.05, 0.1) is 6.33 Å². The van der Waals surface area contributed by atoms with Gasteiger partial charge in [-0.05, 0) is 31.5 Å². The summed E-state index contributed by atoms with van der Waals surface area (Å²) < 4.78 is 3.80. The standard InChI is InChI=1S/C23H30N6O3/c1-26(17-10-5-4-6-11-17)13-16-9-7-8-12-18(16)25-19(30)14-29-22(31)20-21(24-15-27(20)2)28(3)23(29)32/h7-9,12,15,17H,4-6,10-11,13-14H2,1-3H3,(H,25,30). The predicted octanol–water partition coefficient (Wildman–Crippen LogP) is 1.84. The van der Waals surface area contributed by atoms with E-state index < -0.39 is 17.2 Å². The molecular weight excluding hydrogens is 408 g/mol. The number of fused-ring (bicyclic) bond motifs is 1. The van der Waals surface area contributed by atoms with Gasteiger partial charge >= 0.3 is 5.69 Å². The fourth-order valence-corrected chi connectivity index (χ4v) is 4.57. The van der Waals surface area contributed by atoms with Crippen LogP contribution < -0.4 is 16.6 Å². The maximum absolute atomic E-state index is 12.9. The van der Waals surface area contributed by atoms with Gasteiger partial charge in [-0.25, -0.2) is 14.3 Å². The molecule has 170 valence electrons. The number of hydrogen-bond acceptors (Lipinski definition) is 5. The number of benzene rings is 1. The van der Waals surface area contributed by atoms with Gasteiger partial charge in [0.1, 0.15) is 6.54 Å². The van der Waals surface area contributed by atoms with Crippen molar-refractivity contribution in [3.05, 3.63) is 57.0 Å². The van der Waals surface area contributed by atoms with E-state index in [1.807, 2.05) is 24.3 Å². The molecule has 0 atom stereocenters. The van der Waals surface area contributed by atoms with E-state index in [1.54, 1.807) is 18.7 Å². The van der Waals surface area contributed by atoms with Gasteiger partial charge in [0, 0.05) is 32.4 Å². The lowest BCUT2D eigenvalue weighted by molar-refractivity contribution is -0.116. The third-order valence-corrected chi connectivity index (χ3v) is 6.41. The first-order valence-corrected chi connectivity index (χ1v) is 11.1. The number of hydrogen-bond donors (Lipinski definition) is 1. The first-order valence-electron chi connectivity index (χ1n) is 11.1. The van der Waals surface area contributed by atoms with Crippen LogP contribution in [0.1, 0.15) is 37.7 Å². The van der Waals surface area contributed by atoms with Gasteiger partial charge in [0.2, 0.25) is 5.91 Å². The van der Waals surface area contributed by atoms with Crippen molar-refractivity contribution in [2.45, 2.75) is 51.2 Å². The Labute approximate surface area is 186 Å². The Morgan fingerprint density at radius 3 is 2.62 bits per heavy atom. The van der Waals surface area contributed by atoms with E-state index in [0.29, 0.717) is 17.4 Å². The summed E-state index contributed by atoms with van der Waals surface area (Å²) in [5, 5.41) is 2.90. The third kappa shape index (κ3) is 4.25. The monoisotopic (exact) mass is 438 g/mol. The van der Waals surface area contributed by atoms with Crippen LogP contribution in [0.5, 0.6) is 0 Å². The summed E-state index contributed by atoms with van der Waals surface area (Å²) in [4.78, 5) is 44.8. The maximum Gasteiger partial charge on any atom is 0.332 e. The highest BCUT2D eigenvalue weighted by Crippen LogP contribution is 2.24. The van der Waals surface area contributed by atoms with Gasteiger partial charge in [-0.15, -0.1) is 0 Å². The number of rotatable bonds is 6. The second-order valence-corrected chi connectivity index (χ2v) is 8.67. The number of carbonyl (C=O) groups excluding carboxylic acids is 1. The van der Waals surface area contributed by atoms with Crippen LogP contribution in [0.2, 0.25) is 0 Å². The lowest BCUT2D eigenvalue weighted by Gasteiger charge is -2.31. The van der Waals surface area contributed by atoms with Crippen molar-refractivity contribution in [1.82, 2.24) is 23.6 Å². The number of amides is 1. The van der Waals surface area contributed by atoms with Crippen LogP contribution in [0.3, 0.4) is 0 Å². The molecule has 0 saturated heterocycles. The van der Waals surface area contributed by atoms with Crippen LogP contribution in [0.25, 0.3) is 11.2 Å². The molecule has 1 amide bonds. The zero-order valence-electron chi connectivity index (χ0n) is 18.9. The SMILES string of the molecule is CN(Cc1ccccc1NC(=O)Cn1c(=O)c2c(ncn2C)n(C)c1=O)C1CCCCC1. The quantitative estimate of drug-likeness (QED) is 0.634. The number of nitrogens with zero attached hydrogens (tertiary/aromatic N) is 5. The summed E-state index contributed by atoms with van der Waals surface area (Å²) >= 11 is 0. The Hall–Kier alpha value is -3.20. The molecule has 0 bridgehead atoms. The van der Waals surface area contributed by atoms with E-state index >= 15 is 0 Å². The zero-order chi connectivity index (χ0) is 22.8. The van der Waals surface area contributed by atoms with E-state index in [1.165, 1.54) is 43.0 Å². The largest absolute Gasteiger partial charge is 0.332 e. The zero-order valence-corrected chi connectivity index (χ0v) is 18.9. The number of para-hydroxylation sites is 1. The molecule has 4 rings (SSSR count). The second kappa shape index (κ2) is 9.12. The Kier molecular flexibility index (Phi) is 6.27. The highest BCUT2D eigenvalue weighted by molar-refractivity contribution is 5.91. The van der Waals surface area contributed by atoms with E-state index in [0.717, 1.165) is 16.7 Å². The topological polar surface area (TPSA) is 94.2 Å². The van der Waals surface area contributed by atoms with Crippen molar-refractivity contribution in [1.29, 1.82) is 0 Å². The molecule has 0 unspecified atom stereocenters. The van der Waals surface area contributed by atoms with Crippen LogP contribution >= 0.6 is 0 Å². The van der Waals surface area contributed by atoms with Crippen molar-refractivity contribution in [2.75, 3.05) is 12.4 Å². The lowest BCUT2D eigenvalue weighted by atomic mass is 9.94. The fraction of sp³-hybridized carbons (Fsp3) is 0.478. The minimum Gasteiger partial charge on any atom is -0.328 e. The molecule has 32 heavy (non-hydrogen) atoms. The Bertz CT molecular complexity index is 1250. The number of anilines is 1. The molecule has 2 heterocycles. The summed E-state index contributed by atoms with van der Waals surface area (Å²) in [6.45, 7) is 0.364. The fourth-order valence-electron chi connectivity index (χ4n) is 4.57. The molecule has 1 fully saturated rings. The average Bonchev–Trinajstić information content (AvgIpc) is 3.19. The Morgan fingerprint density at radius 1 is 1.16 bits per heavy atom. The average molecular weight is 439 g/mol. The molecule has 0 aliphatic heterocycles. The normalized spacial score (nSPS) is 14.9. The minimum atomic E-state index is -0.568. The third-order valence-electron chi connectivity index (χ3n) is 6.41. The van der Waals surface area contributed by atoms with Gasteiger partial charge in [0.15, 0.2) is 11.2 Å². The summed E-state index contributed by atoms with van der Waals surface area (Å²) in [5.41, 5.74) is 1.21. The van der Waals surface area contributed by atoms with E-state index in [-0.39, 0.29) is 12.1 Å². The lowest BCUT2D eigenvalue weighted by Crippen LogP contribution is -2.42. The molecule has 1 aliphatic carbocycles. The highest BCUT2D eigenvalue weighted by Gasteiger charge is 2.20. The molecule has 9 nitrogen and oxygen atoms in total. The van der Waals surface area contributed by atoms with Crippen LogP contribution in [0.4, 0.5) is 5.69 Å². The smallest absolute Gasteiger partial charge is 0.328 e. The van der Waals surface area contributed by atoms with Gasteiger partial charge < -0.3 is 9.88 Å². The van der Waals surface area contributed by atoms with Gasteiger partial charge in [-0.2, -0.15) is 0 Å². The second-order valence-electron chi connectivity index (χ2n) is 8.67. The van der Waals surface area contributed by atoms with Crippen LogP contribution in [-0.2, 0) is 32.0 Å². The first kappa shape index (κ1) is 22.0. The molecule has 1 N–H and O–H groups in total. The maximum atomic E-state index is 12.9. The molecular formula is C23H30N6O3. The first-order chi connectivity index (χ1) is 15.4. The summed E-state index contributed by atoms with van der Waals surface area (Å²) in [7, 11) is 5.35. The van der Waals surface area contributed by atoms with Crippen molar-refractivity contribution >= 4 is 22.8 Å². The summed E-state index contributed by atoms with van der Waals surface area (Å²) in [6.07, 6.45) is 7.72. The number of imidazole rings is 1. The molecule has 0 spiro atoms. The summed E-state index contributed by atoms with van der Waals surface area (Å²) in [5.74, 6) is -0.418. The Morgan fingerprint density at radius 2 is 1.88 bits per heavy atom. The number of aromatic nitrogens is 4. The summed E-state index contributed by atoms with van der Waals surface area (Å²) in [6, 6.07) is 8.23. The van der Waals surface area contributed by atoms with Gasteiger partial charge in [-0.3, -0.25) is 19.1 Å². The molecule has 2 aromatic heterocycles. The van der Waals surface area contributed by atoms with E-state index in [2.05, 4.69) is 22.2 Å². The van der Waals surface area contributed by atoms with Crippen LogP contribution in [0.15, 0.2) is 40.2 Å². The minimum absolute atomic E-state index is 0.286.